The second kappa shape index (κ2) is 10.7. The van der Waals surface area contributed by atoms with Gasteiger partial charge in [0, 0.05) is 23.1 Å². The molecular formula is C26H23F5N3O4P. The zero-order valence-corrected chi connectivity index (χ0v) is 21.6. The van der Waals surface area contributed by atoms with Gasteiger partial charge in [0.15, 0.2) is 11.6 Å². The van der Waals surface area contributed by atoms with E-state index < -0.39 is 48.9 Å². The van der Waals surface area contributed by atoms with E-state index in [4.69, 9.17) is 0 Å². The number of hydrogen-bond acceptors (Lipinski definition) is 4. The van der Waals surface area contributed by atoms with Crippen molar-refractivity contribution < 1.29 is 40.8 Å². The minimum Gasteiger partial charge on any atom is -0.406 e. The van der Waals surface area contributed by atoms with Crippen LogP contribution in [0.1, 0.15) is 6.42 Å². The Morgan fingerprint density at radius 1 is 0.974 bits per heavy atom. The van der Waals surface area contributed by atoms with Gasteiger partial charge in [-0.3, -0.25) is 4.79 Å². The van der Waals surface area contributed by atoms with Gasteiger partial charge in [0.2, 0.25) is 5.91 Å². The summed E-state index contributed by atoms with van der Waals surface area (Å²) in [6, 6.07) is 11.5. The first kappa shape index (κ1) is 28.1. The van der Waals surface area contributed by atoms with Gasteiger partial charge in [-0.25, -0.2) is 13.6 Å². The molecule has 0 radical (unpaired) electrons. The molecule has 1 atom stereocenters. The van der Waals surface area contributed by atoms with Crippen molar-refractivity contribution in [3.63, 3.8) is 0 Å². The maximum Gasteiger partial charge on any atom is 0.573 e. The number of carbonyl (C=O) groups is 2. The molecular weight excluding hydrogens is 544 g/mol. The SMILES string of the molecule is CP(C)(=O)c1ccccc1-c1ccc(N2CC[C@@H](NC(=O)Nc3ccc(OC(F)(F)F)cc3)C2=O)c(F)c1F. The smallest absolute Gasteiger partial charge is 0.406 e. The predicted octanol–water partition coefficient (Wildman–Crippen LogP) is 5.71. The van der Waals surface area contributed by atoms with Crippen LogP contribution in [0.4, 0.5) is 38.1 Å². The summed E-state index contributed by atoms with van der Waals surface area (Å²) in [5.74, 6) is -3.60. The lowest BCUT2D eigenvalue weighted by molar-refractivity contribution is -0.274. The van der Waals surface area contributed by atoms with Crippen LogP contribution in [0.15, 0.2) is 60.7 Å². The molecule has 4 rings (SSSR count). The van der Waals surface area contributed by atoms with Crippen LogP contribution in [-0.4, -0.2) is 44.2 Å². The van der Waals surface area contributed by atoms with E-state index in [1.54, 1.807) is 24.3 Å². The Bertz CT molecular complexity index is 1460. The lowest BCUT2D eigenvalue weighted by atomic mass is 10.0. The summed E-state index contributed by atoms with van der Waals surface area (Å²) in [4.78, 5) is 26.3. The Labute approximate surface area is 220 Å². The number of ether oxygens (including phenoxy) is 1. The Kier molecular flexibility index (Phi) is 7.70. The van der Waals surface area contributed by atoms with E-state index in [9.17, 15) is 27.3 Å². The number of urea groups is 1. The number of alkyl halides is 3. The van der Waals surface area contributed by atoms with Gasteiger partial charge < -0.3 is 24.8 Å². The Morgan fingerprint density at radius 2 is 1.64 bits per heavy atom. The van der Waals surface area contributed by atoms with Crippen LogP contribution in [-0.2, 0) is 9.36 Å². The van der Waals surface area contributed by atoms with E-state index in [0.717, 1.165) is 17.0 Å². The highest BCUT2D eigenvalue weighted by Crippen LogP contribution is 2.40. The monoisotopic (exact) mass is 567 g/mol. The Hall–Kier alpha value is -3.92. The number of benzene rings is 3. The van der Waals surface area contributed by atoms with Gasteiger partial charge in [-0.2, -0.15) is 0 Å². The maximum atomic E-state index is 15.2. The van der Waals surface area contributed by atoms with Crippen molar-refractivity contribution in [3.8, 4) is 16.9 Å². The fourth-order valence-corrected chi connectivity index (χ4v) is 5.47. The van der Waals surface area contributed by atoms with Crippen LogP contribution in [0, 0.1) is 11.6 Å². The number of halogens is 5. The van der Waals surface area contributed by atoms with Gasteiger partial charge in [0.1, 0.15) is 18.9 Å². The van der Waals surface area contributed by atoms with Crippen LogP contribution in [0.5, 0.6) is 5.75 Å². The lowest BCUT2D eigenvalue weighted by Crippen LogP contribution is -2.43. The summed E-state index contributed by atoms with van der Waals surface area (Å²) in [6.45, 7) is 3.05. The standard InChI is InChI=1S/C26H23F5N3O4P/c1-39(2,37)21-6-4-3-5-17(21)18-11-12-20(23(28)22(18)27)34-14-13-19(24(34)35)33-25(36)32-15-7-9-16(10-8-15)38-26(29,30)31/h3-12,19H,13-14H2,1-2H3,(H2,32,33,36)/t19-/m1/s1. The number of nitrogens with zero attached hydrogens (tertiary/aromatic N) is 1. The normalized spacial score (nSPS) is 15.8. The zero-order valence-electron chi connectivity index (χ0n) is 20.7. The largest absolute Gasteiger partial charge is 0.573 e. The number of hydrogen-bond donors (Lipinski definition) is 2. The fourth-order valence-electron chi connectivity index (χ4n) is 4.25. The lowest BCUT2D eigenvalue weighted by Gasteiger charge is -2.20. The van der Waals surface area contributed by atoms with Gasteiger partial charge in [-0.05, 0) is 61.7 Å². The topological polar surface area (TPSA) is 87.7 Å². The first-order valence-corrected chi connectivity index (χ1v) is 14.2. The minimum atomic E-state index is -4.86. The second-order valence-corrected chi connectivity index (χ2v) is 12.3. The van der Waals surface area contributed by atoms with E-state index in [0.29, 0.717) is 5.30 Å². The van der Waals surface area contributed by atoms with Gasteiger partial charge in [0.05, 0.1) is 5.69 Å². The molecule has 0 bridgehead atoms. The maximum absolute atomic E-state index is 15.2. The average Bonchev–Trinajstić information content (AvgIpc) is 3.20. The molecule has 0 aliphatic carbocycles. The number of rotatable bonds is 6. The highest BCUT2D eigenvalue weighted by Gasteiger charge is 2.36. The number of anilines is 2. The van der Waals surface area contributed by atoms with Crippen molar-refractivity contribution in [1.82, 2.24) is 5.32 Å². The Morgan fingerprint density at radius 3 is 2.28 bits per heavy atom. The average molecular weight is 567 g/mol. The minimum absolute atomic E-state index is 0.00132. The molecule has 1 saturated heterocycles. The predicted molar refractivity (Wildman–Crippen MR) is 137 cm³/mol. The molecule has 1 fully saturated rings. The molecule has 1 heterocycles. The molecule has 1 aliphatic heterocycles. The van der Waals surface area contributed by atoms with Crippen molar-refractivity contribution in [2.75, 3.05) is 30.1 Å². The second-order valence-electron chi connectivity index (χ2n) is 9.13. The van der Waals surface area contributed by atoms with E-state index in [-0.39, 0.29) is 35.5 Å². The summed E-state index contributed by atoms with van der Waals surface area (Å²) in [7, 11) is -2.81. The quantitative estimate of drug-likeness (QED) is 0.295. The van der Waals surface area contributed by atoms with Crippen molar-refractivity contribution in [2.45, 2.75) is 18.8 Å². The van der Waals surface area contributed by atoms with E-state index in [2.05, 4.69) is 15.4 Å². The molecule has 0 aromatic heterocycles. The van der Waals surface area contributed by atoms with Gasteiger partial charge in [-0.15, -0.1) is 13.2 Å². The summed E-state index contributed by atoms with van der Waals surface area (Å²) < 4.78 is 83.7. The molecule has 39 heavy (non-hydrogen) atoms. The molecule has 3 amide bonds. The van der Waals surface area contributed by atoms with Crippen molar-refractivity contribution in [1.29, 1.82) is 0 Å². The molecule has 0 spiro atoms. The fraction of sp³-hybridized carbons (Fsp3) is 0.231. The summed E-state index contributed by atoms with van der Waals surface area (Å²) in [5.41, 5.74) is 0.0239. The summed E-state index contributed by atoms with van der Waals surface area (Å²) in [5, 5.41) is 5.20. The first-order valence-electron chi connectivity index (χ1n) is 11.6. The zero-order chi connectivity index (χ0) is 28.5. The first-order chi connectivity index (χ1) is 18.2. The molecule has 2 N–H and O–H groups in total. The van der Waals surface area contributed by atoms with Crippen molar-refractivity contribution in [3.05, 3.63) is 72.3 Å². The molecule has 3 aromatic carbocycles. The molecule has 0 saturated carbocycles. The van der Waals surface area contributed by atoms with Crippen molar-refractivity contribution >= 4 is 35.8 Å². The summed E-state index contributed by atoms with van der Waals surface area (Å²) >= 11 is 0. The van der Waals surface area contributed by atoms with Crippen LogP contribution in [0.25, 0.3) is 11.1 Å². The van der Waals surface area contributed by atoms with E-state index >= 15 is 8.78 Å². The number of amides is 3. The third-order valence-electron chi connectivity index (χ3n) is 5.98. The van der Waals surface area contributed by atoms with Crippen LogP contribution in [0.3, 0.4) is 0 Å². The van der Waals surface area contributed by atoms with Gasteiger partial charge >= 0.3 is 12.4 Å². The Balaban J connectivity index is 1.46. The highest BCUT2D eigenvalue weighted by molar-refractivity contribution is 7.70. The van der Waals surface area contributed by atoms with Crippen LogP contribution in [0.2, 0.25) is 0 Å². The van der Waals surface area contributed by atoms with Crippen molar-refractivity contribution in [2.24, 2.45) is 0 Å². The molecule has 7 nitrogen and oxygen atoms in total. The third-order valence-corrected chi connectivity index (χ3v) is 7.53. The number of nitrogens with one attached hydrogen (secondary N) is 2. The molecule has 3 aromatic rings. The van der Waals surface area contributed by atoms with E-state index in [1.165, 1.54) is 37.6 Å². The summed E-state index contributed by atoms with van der Waals surface area (Å²) in [6.07, 6.45) is -4.76. The third kappa shape index (κ3) is 6.39. The molecule has 206 valence electrons. The number of carbonyl (C=O) groups excluding carboxylic acids is 2. The molecule has 0 unspecified atom stereocenters. The molecule has 1 aliphatic rings. The van der Waals surface area contributed by atoms with Crippen LogP contribution < -0.4 is 25.6 Å². The highest BCUT2D eigenvalue weighted by atomic mass is 31.2. The van der Waals surface area contributed by atoms with Crippen LogP contribution >= 0.6 is 7.14 Å². The molecule has 13 heteroatoms. The van der Waals surface area contributed by atoms with Gasteiger partial charge in [0.25, 0.3) is 0 Å². The van der Waals surface area contributed by atoms with Gasteiger partial charge in [-0.1, -0.05) is 24.3 Å². The van der Waals surface area contributed by atoms with E-state index in [1.807, 2.05) is 0 Å².